The highest BCUT2D eigenvalue weighted by Crippen LogP contribution is 2.33. The zero-order valence-electron chi connectivity index (χ0n) is 19.6. The van der Waals surface area contributed by atoms with E-state index in [-0.39, 0.29) is 18.2 Å². The molecule has 1 N–H and O–H groups in total. The van der Waals surface area contributed by atoms with Gasteiger partial charge in [0.15, 0.2) is 5.17 Å². The molecular weight excluding hydrogens is 438 g/mol. The number of carbonyl (C=O) groups excluding carboxylic acids is 2. The summed E-state index contributed by atoms with van der Waals surface area (Å²) in [4.78, 5) is 32.4. The molecule has 3 rings (SSSR count). The third kappa shape index (κ3) is 6.82. The van der Waals surface area contributed by atoms with Crippen molar-refractivity contribution in [2.24, 2.45) is 4.99 Å². The van der Waals surface area contributed by atoms with Crippen molar-refractivity contribution < 1.29 is 19.1 Å². The molecule has 1 unspecified atom stereocenters. The molecule has 0 spiro atoms. The molecule has 2 amide bonds. The number of aryl methyl sites for hydroxylation is 2. The maximum Gasteiger partial charge on any atom is 0.242 e. The van der Waals surface area contributed by atoms with Gasteiger partial charge in [-0.2, -0.15) is 0 Å². The van der Waals surface area contributed by atoms with Crippen molar-refractivity contribution >= 4 is 40.1 Å². The van der Waals surface area contributed by atoms with Crippen molar-refractivity contribution in [1.29, 1.82) is 0 Å². The molecule has 2 aromatic rings. The van der Waals surface area contributed by atoms with Crippen molar-refractivity contribution in [3.63, 3.8) is 0 Å². The van der Waals surface area contributed by atoms with Crippen molar-refractivity contribution in [3.8, 4) is 5.75 Å². The van der Waals surface area contributed by atoms with Crippen LogP contribution >= 0.6 is 11.8 Å². The van der Waals surface area contributed by atoms with Crippen molar-refractivity contribution in [2.75, 3.05) is 32.2 Å². The molecule has 176 valence electrons. The van der Waals surface area contributed by atoms with Gasteiger partial charge in [0, 0.05) is 26.2 Å². The monoisotopic (exact) mass is 469 g/mol. The molecule has 7 nitrogen and oxygen atoms in total. The van der Waals surface area contributed by atoms with Gasteiger partial charge in [-0.15, -0.1) is 0 Å². The Morgan fingerprint density at radius 3 is 2.61 bits per heavy atom. The van der Waals surface area contributed by atoms with E-state index in [2.05, 4.69) is 11.4 Å². The molecule has 8 heteroatoms. The molecule has 2 aromatic carbocycles. The van der Waals surface area contributed by atoms with Crippen molar-refractivity contribution in [2.45, 2.75) is 38.9 Å². The first-order chi connectivity index (χ1) is 15.9. The van der Waals surface area contributed by atoms with E-state index in [4.69, 9.17) is 14.5 Å². The first-order valence-corrected chi connectivity index (χ1v) is 11.9. The number of nitrogens with one attached hydrogen (secondary N) is 1. The smallest absolute Gasteiger partial charge is 0.242 e. The third-order valence-corrected chi connectivity index (χ3v) is 6.25. The summed E-state index contributed by atoms with van der Waals surface area (Å²) >= 11 is 1.34. The number of rotatable bonds is 10. The minimum absolute atomic E-state index is 0.0510. The highest BCUT2D eigenvalue weighted by molar-refractivity contribution is 8.15. The van der Waals surface area contributed by atoms with Gasteiger partial charge in [-0.05, 0) is 62.6 Å². The van der Waals surface area contributed by atoms with Gasteiger partial charge < -0.3 is 14.8 Å². The van der Waals surface area contributed by atoms with Gasteiger partial charge in [0.05, 0.1) is 18.5 Å². The van der Waals surface area contributed by atoms with Gasteiger partial charge >= 0.3 is 0 Å². The minimum atomic E-state index is -0.531. The number of ether oxygens (including phenoxy) is 2. The van der Waals surface area contributed by atoms with E-state index in [0.29, 0.717) is 42.8 Å². The second-order valence-corrected chi connectivity index (χ2v) is 9.01. The summed E-state index contributed by atoms with van der Waals surface area (Å²) in [5.41, 5.74) is 3.61. The number of anilines is 1. The molecule has 1 aliphatic rings. The Morgan fingerprint density at radius 2 is 1.91 bits per heavy atom. The minimum Gasteiger partial charge on any atom is -0.495 e. The van der Waals surface area contributed by atoms with Crippen LogP contribution in [0.3, 0.4) is 0 Å². The number of amidine groups is 1. The van der Waals surface area contributed by atoms with Crippen LogP contribution in [0.15, 0.2) is 47.5 Å². The van der Waals surface area contributed by atoms with Crippen LogP contribution in [0.4, 0.5) is 11.4 Å². The maximum atomic E-state index is 13.2. The van der Waals surface area contributed by atoms with Gasteiger partial charge in [0.2, 0.25) is 11.8 Å². The predicted molar refractivity (Wildman–Crippen MR) is 133 cm³/mol. The van der Waals surface area contributed by atoms with E-state index < -0.39 is 5.25 Å². The first-order valence-electron chi connectivity index (χ1n) is 11.1. The molecule has 0 bridgehead atoms. The zero-order valence-corrected chi connectivity index (χ0v) is 20.4. The fourth-order valence-electron chi connectivity index (χ4n) is 3.64. The summed E-state index contributed by atoms with van der Waals surface area (Å²) < 4.78 is 10.7. The Bertz CT molecular complexity index is 1000. The molecule has 1 heterocycles. The topological polar surface area (TPSA) is 80.2 Å². The fraction of sp³-hybridized carbons (Fsp3) is 0.400. The molecule has 1 saturated heterocycles. The van der Waals surface area contributed by atoms with Gasteiger partial charge in [-0.3, -0.25) is 14.5 Å². The summed E-state index contributed by atoms with van der Waals surface area (Å²) in [6, 6.07) is 13.3. The molecule has 0 aromatic heterocycles. The Labute approximate surface area is 199 Å². The van der Waals surface area contributed by atoms with E-state index in [9.17, 15) is 9.59 Å². The van der Waals surface area contributed by atoms with Crippen LogP contribution in [-0.4, -0.2) is 54.0 Å². The van der Waals surface area contributed by atoms with E-state index in [1.165, 1.54) is 11.8 Å². The van der Waals surface area contributed by atoms with E-state index >= 15 is 0 Å². The lowest BCUT2D eigenvalue weighted by molar-refractivity contribution is -0.128. The lowest BCUT2D eigenvalue weighted by atomic mass is 10.1. The molecule has 0 aliphatic carbocycles. The molecule has 1 atom stereocenters. The second kappa shape index (κ2) is 11.9. The molecule has 0 radical (unpaired) electrons. The van der Waals surface area contributed by atoms with Gasteiger partial charge in [0.25, 0.3) is 0 Å². The van der Waals surface area contributed by atoms with E-state index in [1.807, 2.05) is 45.0 Å². The maximum absolute atomic E-state index is 13.2. The van der Waals surface area contributed by atoms with Crippen LogP contribution in [0, 0.1) is 13.8 Å². The number of amides is 2. The summed E-state index contributed by atoms with van der Waals surface area (Å²) in [7, 11) is 1.55. The number of benzene rings is 2. The summed E-state index contributed by atoms with van der Waals surface area (Å²) in [5, 5.41) is 2.95. The fourth-order valence-corrected chi connectivity index (χ4v) is 4.83. The summed E-state index contributed by atoms with van der Waals surface area (Å²) in [6.45, 7) is 7.70. The number of hydrogen-bond acceptors (Lipinski definition) is 6. The number of para-hydroxylation sites is 2. The molecular formula is C25H31N3O4S. The number of nitrogens with zero attached hydrogens (tertiary/aromatic N) is 2. The lowest BCUT2D eigenvalue weighted by Gasteiger charge is -2.16. The summed E-state index contributed by atoms with van der Waals surface area (Å²) in [5.74, 6) is 0.230. The normalized spacial score (nSPS) is 17.0. The first kappa shape index (κ1) is 24.8. The van der Waals surface area contributed by atoms with Crippen LogP contribution < -0.4 is 10.1 Å². The molecule has 1 fully saturated rings. The Morgan fingerprint density at radius 1 is 1.18 bits per heavy atom. The van der Waals surface area contributed by atoms with Crippen molar-refractivity contribution in [3.05, 3.63) is 53.6 Å². The number of aliphatic imine (C=N–C) groups is 1. The SMILES string of the molecule is CCOCCCN1C(=O)C(CC(=O)Nc2ccccc2OC)SC1=Nc1cc(C)cc(C)c1. The average Bonchev–Trinajstić information content (AvgIpc) is 3.04. The van der Waals surface area contributed by atoms with E-state index in [1.54, 1.807) is 24.1 Å². The van der Waals surface area contributed by atoms with Crippen LogP contribution in [0.2, 0.25) is 0 Å². The quantitative estimate of drug-likeness (QED) is 0.510. The number of hydrogen-bond donors (Lipinski definition) is 1. The summed E-state index contributed by atoms with van der Waals surface area (Å²) in [6.07, 6.45) is 0.751. The third-order valence-electron chi connectivity index (χ3n) is 5.08. The van der Waals surface area contributed by atoms with Crippen LogP contribution in [0.1, 0.15) is 30.9 Å². The highest BCUT2D eigenvalue weighted by Gasteiger charge is 2.39. The molecule has 0 saturated carbocycles. The van der Waals surface area contributed by atoms with Gasteiger partial charge in [-0.1, -0.05) is 30.0 Å². The van der Waals surface area contributed by atoms with Gasteiger partial charge in [-0.25, -0.2) is 4.99 Å². The highest BCUT2D eigenvalue weighted by atomic mass is 32.2. The van der Waals surface area contributed by atoms with Crippen LogP contribution in [0.5, 0.6) is 5.75 Å². The number of carbonyl (C=O) groups is 2. The predicted octanol–water partition coefficient (Wildman–Crippen LogP) is 4.70. The lowest BCUT2D eigenvalue weighted by Crippen LogP contribution is -2.34. The standard InChI is InChI=1S/C25H31N3O4S/c1-5-32-12-8-11-28-24(30)22(16-23(29)27-20-9-6-7-10-21(20)31-4)33-25(28)26-19-14-17(2)13-18(3)15-19/h6-7,9-10,13-15,22H,5,8,11-12,16H2,1-4H3,(H,27,29). The Kier molecular flexibility index (Phi) is 8.91. The Hall–Kier alpha value is -2.84. The zero-order chi connectivity index (χ0) is 23.8. The largest absolute Gasteiger partial charge is 0.495 e. The Balaban J connectivity index is 1.76. The number of thioether (sulfide) groups is 1. The molecule has 33 heavy (non-hydrogen) atoms. The van der Waals surface area contributed by atoms with E-state index in [0.717, 1.165) is 16.8 Å². The van der Waals surface area contributed by atoms with Crippen LogP contribution in [0.25, 0.3) is 0 Å². The average molecular weight is 470 g/mol. The number of methoxy groups -OCH3 is 1. The van der Waals surface area contributed by atoms with Gasteiger partial charge in [0.1, 0.15) is 11.0 Å². The molecule has 1 aliphatic heterocycles. The van der Waals surface area contributed by atoms with Crippen molar-refractivity contribution in [1.82, 2.24) is 4.90 Å². The van der Waals surface area contributed by atoms with Crippen LogP contribution in [-0.2, 0) is 14.3 Å². The second-order valence-electron chi connectivity index (χ2n) is 7.84.